The Morgan fingerprint density at radius 2 is 1.72 bits per heavy atom. The molecule has 25 heavy (non-hydrogen) atoms. The number of nitrogens with one attached hydrogen (secondary N) is 2. The van der Waals surface area contributed by atoms with Crippen molar-refractivity contribution in [3.05, 3.63) is 59.4 Å². The SMILES string of the molecule is CCCNC(=O)c1cccc(C(=O)Nc2cccc(C(=O)OC)c2)n1. The molecular weight excluding hydrogens is 322 g/mol. The van der Waals surface area contributed by atoms with Crippen molar-refractivity contribution in [2.24, 2.45) is 0 Å². The molecule has 0 atom stereocenters. The summed E-state index contributed by atoms with van der Waals surface area (Å²) in [7, 11) is 1.28. The first-order chi connectivity index (χ1) is 12.0. The molecule has 0 fully saturated rings. The van der Waals surface area contributed by atoms with Gasteiger partial charge in [-0.3, -0.25) is 9.59 Å². The normalized spacial score (nSPS) is 10.0. The van der Waals surface area contributed by atoms with Crippen LogP contribution in [-0.4, -0.2) is 36.4 Å². The molecule has 1 aromatic carbocycles. The molecule has 0 bridgehead atoms. The van der Waals surface area contributed by atoms with Crippen LogP contribution in [0.15, 0.2) is 42.5 Å². The number of pyridine rings is 1. The van der Waals surface area contributed by atoms with Crippen LogP contribution in [0.2, 0.25) is 0 Å². The predicted octanol–water partition coefficient (Wildman–Crippen LogP) is 2.26. The van der Waals surface area contributed by atoms with Crippen molar-refractivity contribution < 1.29 is 19.1 Å². The van der Waals surface area contributed by atoms with Crippen LogP contribution in [0.25, 0.3) is 0 Å². The summed E-state index contributed by atoms with van der Waals surface area (Å²) in [5.74, 6) is -1.31. The number of rotatable bonds is 6. The summed E-state index contributed by atoms with van der Waals surface area (Å²) in [6.45, 7) is 2.48. The van der Waals surface area contributed by atoms with E-state index >= 15 is 0 Å². The summed E-state index contributed by atoms with van der Waals surface area (Å²) in [4.78, 5) is 39.9. The number of nitrogens with zero attached hydrogens (tertiary/aromatic N) is 1. The first-order valence-electron chi connectivity index (χ1n) is 7.80. The summed E-state index contributed by atoms with van der Waals surface area (Å²) in [5.41, 5.74) is 1.02. The van der Waals surface area contributed by atoms with Crippen LogP contribution in [0, 0.1) is 0 Å². The molecule has 1 aromatic heterocycles. The quantitative estimate of drug-likeness (QED) is 0.786. The van der Waals surface area contributed by atoms with E-state index in [1.807, 2.05) is 6.92 Å². The Balaban J connectivity index is 2.13. The molecule has 0 aliphatic rings. The average Bonchev–Trinajstić information content (AvgIpc) is 2.65. The van der Waals surface area contributed by atoms with Gasteiger partial charge in [-0.15, -0.1) is 0 Å². The van der Waals surface area contributed by atoms with E-state index in [2.05, 4.69) is 20.4 Å². The topological polar surface area (TPSA) is 97.4 Å². The Morgan fingerprint density at radius 3 is 2.40 bits per heavy atom. The number of aromatic nitrogens is 1. The Hall–Kier alpha value is -3.22. The van der Waals surface area contributed by atoms with E-state index in [4.69, 9.17) is 0 Å². The molecule has 7 heteroatoms. The van der Waals surface area contributed by atoms with Crippen LogP contribution in [0.1, 0.15) is 44.7 Å². The van der Waals surface area contributed by atoms with Crippen molar-refractivity contribution in [3.8, 4) is 0 Å². The van der Waals surface area contributed by atoms with Gasteiger partial charge < -0.3 is 15.4 Å². The smallest absolute Gasteiger partial charge is 0.337 e. The summed E-state index contributed by atoms with van der Waals surface area (Å²) in [6, 6.07) is 11.0. The number of ether oxygens (including phenoxy) is 1. The molecule has 1 heterocycles. The molecule has 0 aliphatic heterocycles. The Morgan fingerprint density at radius 1 is 1.04 bits per heavy atom. The maximum absolute atomic E-state index is 12.3. The Bertz CT molecular complexity index is 789. The minimum atomic E-state index is -0.496. The third-order valence-corrected chi connectivity index (χ3v) is 3.29. The average molecular weight is 341 g/mol. The van der Waals surface area contributed by atoms with E-state index in [1.165, 1.54) is 19.2 Å². The number of amides is 2. The Labute approximate surface area is 145 Å². The van der Waals surface area contributed by atoms with Gasteiger partial charge in [-0.05, 0) is 36.8 Å². The molecule has 0 unspecified atom stereocenters. The molecule has 0 spiro atoms. The molecule has 130 valence electrons. The van der Waals surface area contributed by atoms with Gasteiger partial charge in [-0.1, -0.05) is 19.1 Å². The second-order valence-electron chi connectivity index (χ2n) is 5.19. The number of esters is 1. The van der Waals surface area contributed by atoms with E-state index in [1.54, 1.807) is 30.3 Å². The Kier molecular flexibility index (Phi) is 6.22. The van der Waals surface area contributed by atoms with E-state index in [9.17, 15) is 14.4 Å². The number of hydrogen-bond donors (Lipinski definition) is 2. The number of carbonyl (C=O) groups excluding carboxylic acids is 3. The first kappa shape index (κ1) is 18.1. The monoisotopic (exact) mass is 341 g/mol. The number of methoxy groups -OCH3 is 1. The fourth-order valence-electron chi connectivity index (χ4n) is 2.05. The number of carbonyl (C=O) groups is 3. The number of hydrogen-bond acceptors (Lipinski definition) is 5. The highest BCUT2D eigenvalue weighted by Gasteiger charge is 2.13. The van der Waals surface area contributed by atoms with Crippen molar-refractivity contribution in [1.82, 2.24) is 10.3 Å². The molecule has 2 amide bonds. The van der Waals surface area contributed by atoms with Crippen molar-refractivity contribution >= 4 is 23.5 Å². The van der Waals surface area contributed by atoms with Crippen LogP contribution < -0.4 is 10.6 Å². The maximum Gasteiger partial charge on any atom is 0.337 e. The second-order valence-corrected chi connectivity index (χ2v) is 5.19. The van der Waals surface area contributed by atoms with Gasteiger partial charge in [0.2, 0.25) is 0 Å². The summed E-state index contributed by atoms with van der Waals surface area (Å²) in [5, 5.41) is 5.35. The van der Waals surface area contributed by atoms with Gasteiger partial charge in [0.05, 0.1) is 12.7 Å². The zero-order valence-electron chi connectivity index (χ0n) is 14.0. The highest BCUT2D eigenvalue weighted by atomic mass is 16.5. The van der Waals surface area contributed by atoms with Crippen LogP contribution in [0.3, 0.4) is 0 Å². The molecule has 2 N–H and O–H groups in total. The van der Waals surface area contributed by atoms with Gasteiger partial charge >= 0.3 is 5.97 Å². The van der Waals surface area contributed by atoms with Crippen LogP contribution in [-0.2, 0) is 4.74 Å². The summed E-state index contributed by atoms with van der Waals surface area (Å²) in [6.07, 6.45) is 0.808. The van der Waals surface area contributed by atoms with E-state index in [0.29, 0.717) is 17.8 Å². The van der Waals surface area contributed by atoms with E-state index in [0.717, 1.165) is 6.42 Å². The van der Waals surface area contributed by atoms with Crippen LogP contribution in [0.4, 0.5) is 5.69 Å². The fraction of sp³-hybridized carbons (Fsp3) is 0.222. The molecule has 0 saturated carbocycles. The molecule has 7 nitrogen and oxygen atoms in total. The highest BCUT2D eigenvalue weighted by molar-refractivity contribution is 6.04. The molecule has 2 aromatic rings. The lowest BCUT2D eigenvalue weighted by Crippen LogP contribution is -2.26. The lowest BCUT2D eigenvalue weighted by molar-refractivity contribution is 0.0600. The second kappa shape index (κ2) is 8.58. The predicted molar refractivity (Wildman–Crippen MR) is 92.6 cm³/mol. The van der Waals surface area contributed by atoms with Gasteiger partial charge in [0, 0.05) is 12.2 Å². The minimum Gasteiger partial charge on any atom is -0.465 e. The van der Waals surface area contributed by atoms with Crippen LogP contribution >= 0.6 is 0 Å². The maximum atomic E-state index is 12.3. The number of anilines is 1. The summed E-state index contributed by atoms with van der Waals surface area (Å²) < 4.78 is 4.65. The van der Waals surface area contributed by atoms with Crippen molar-refractivity contribution in [1.29, 1.82) is 0 Å². The molecule has 2 rings (SSSR count). The summed E-state index contributed by atoms with van der Waals surface area (Å²) >= 11 is 0. The molecule has 0 saturated heterocycles. The van der Waals surface area contributed by atoms with Gasteiger partial charge in [0.15, 0.2) is 0 Å². The zero-order chi connectivity index (χ0) is 18.2. The highest BCUT2D eigenvalue weighted by Crippen LogP contribution is 2.13. The van der Waals surface area contributed by atoms with Crippen LogP contribution in [0.5, 0.6) is 0 Å². The molecule has 0 radical (unpaired) electrons. The van der Waals surface area contributed by atoms with Crippen molar-refractivity contribution in [3.63, 3.8) is 0 Å². The third-order valence-electron chi connectivity index (χ3n) is 3.29. The fourth-order valence-corrected chi connectivity index (χ4v) is 2.05. The van der Waals surface area contributed by atoms with Gasteiger partial charge in [-0.2, -0.15) is 0 Å². The van der Waals surface area contributed by atoms with E-state index in [-0.39, 0.29) is 17.3 Å². The minimum absolute atomic E-state index is 0.104. The van der Waals surface area contributed by atoms with Crippen molar-refractivity contribution in [2.45, 2.75) is 13.3 Å². The van der Waals surface area contributed by atoms with Gasteiger partial charge in [-0.25, -0.2) is 9.78 Å². The zero-order valence-corrected chi connectivity index (χ0v) is 14.0. The lowest BCUT2D eigenvalue weighted by atomic mass is 10.2. The third kappa shape index (κ3) is 4.87. The number of benzene rings is 1. The standard InChI is InChI=1S/C18H19N3O4/c1-3-10-19-16(22)14-8-5-9-15(21-14)17(23)20-13-7-4-6-12(11-13)18(24)25-2/h4-9,11H,3,10H2,1-2H3,(H,19,22)(H,20,23). The molecular formula is C18H19N3O4. The van der Waals surface area contributed by atoms with E-state index < -0.39 is 11.9 Å². The first-order valence-corrected chi connectivity index (χ1v) is 7.80. The lowest BCUT2D eigenvalue weighted by Gasteiger charge is -2.08. The molecule has 0 aliphatic carbocycles. The van der Waals surface area contributed by atoms with Gasteiger partial charge in [0.1, 0.15) is 11.4 Å². The largest absolute Gasteiger partial charge is 0.465 e. The van der Waals surface area contributed by atoms with Crippen molar-refractivity contribution in [2.75, 3.05) is 19.0 Å². The van der Waals surface area contributed by atoms with Gasteiger partial charge in [0.25, 0.3) is 11.8 Å².